The standard InChI is InChI=1S/C13H8ClFN2O4/c14-9-2-1-3-10(12(9)15)16-7-4-5-8(13(18)19)11(6-7)17(20)21/h1-6,16H,(H,18,19). The van der Waals surface area contributed by atoms with Gasteiger partial charge in [-0.2, -0.15) is 0 Å². The van der Waals surface area contributed by atoms with Gasteiger partial charge in [-0.25, -0.2) is 9.18 Å². The van der Waals surface area contributed by atoms with Crippen molar-refractivity contribution in [1.29, 1.82) is 0 Å². The molecular weight excluding hydrogens is 303 g/mol. The second-order valence-electron chi connectivity index (χ2n) is 4.02. The summed E-state index contributed by atoms with van der Waals surface area (Å²) in [6.45, 7) is 0. The van der Waals surface area contributed by atoms with E-state index in [1.165, 1.54) is 24.3 Å². The average Bonchev–Trinajstić information content (AvgIpc) is 2.43. The summed E-state index contributed by atoms with van der Waals surface area (Å²) in [5.41, 5.74) is -0.834. The zero-order valence-electron chi connectivity index (χ0n) is 10.3. The fourth-order valence-electron chi connectivity index (χ4n) is 1.70. The van der Waals surface area contributed by atoms with Gasteiger partial charge < -0.3 is 10.4 Å². The highest BCUT2D eigenvalue weighted by Gasteiger charge is 2.20. The first-order valence-electron chi connectivity index (χ1n) is 5.63. The molecule has 0 amide bonds. The van der Waals surface area contributed by atoms with E-state index < -0.39 is 28.0 Å². The highest BCUT2D eigenvalue weighted by atomic mass is 35.5. The van der Waals surface area contributed by atoms with E-state index in [4.69, 9.17) is 16.7 Å². The van der Waals surface area contributed by atoms with E-state index in [2.05, 4.69) is 5.32 Å². The van der Waals surface area contributed by atoms with Crippen LogP contribution in [0.15, 0.2) is 36.4 Å². The lowest BCUT2D eigenvalue weighted by molar-refractivity contribution is -0.385. The number of aromatic carboxylic acids is 1. The van der Waals surface area contributed by atoms with Crippen LogP contribution in [0.2, 0.25) is 5.02 Å². The van der Waals surface area contributed by atoms with E-state index >= 15 is 0 Å². The summed E-state index contributed by atoms with van der Waals surface area (Å²) in [6.07, 6.45) is 0. The zero-order valence-corrected chi connectivity index (χ0v) is 11.1. The summed E-state index contributed by atoms with van der Waals surface area (Å²) in [4.78, 5) is 20.9. The van der Waals surface area contributed by atoms with E-state index in [-0.39, 0.29) is 16.4 Å². The molecule has 6 nitrogen and oxygen atoms in total. The number of nitrogens with zero attached hydrogens (tertiary/aromatic N) is 1. The summed E-state index contributed by atoms with van der Waals surface area (Å²) in [6, 6.07) is 7.66. The minimum absolute atomic E-state index is 0.0277. The smallest absolute Gasteiger partial charge is 0.342 e. The molecular formula is C13H8ClFN2O4. The predicted octanol–water partition coefficient (Wildman–Crippen LogP) is 3.83. The molecule has 108 valence electrons. The first-order chi connectivity index (χ1) is 9.90. The Morgan fingerprint density at radius 2 is 2.05 bits per heavy atom. The number of nitrogens with one attached hydrogen (secondary N) is 1. The van der Waals surface area contributed by atoms with Gasteiger partial charge in [0.2, 0.25) is 0 Å². The third kappa shape index (κ3) is 3.09. The van der Waals surface area contributed by atoms with Crippen LogP contribution in [-0.2, 0) is 0 Å². The Morgan fingerprint density at radius 1 is 1.33 bits per heavy atom. The highest BCUT2D eigenvalue weighted by molar-refractivity contribution is 6.31. The van der Waals surface area contributed by atoms with Crippen LogP contribution in [0.5, 0.6) is 0 Å². The first-order valence-corrected chi connectivity index (χ1v) is 6.00. The molecule has 2 rings (SSSR count). The van der Waals surface area contributed by atoms with Crippen LogP contribution in [0.4, 0.5) is 21.5 Å². The maximum absolute atomic E-state index is 13.7. The summed E-state index contributed by atoms with van der Waals surface area (Å²) >= 11 is 5.63. The van der Waals surface area contributed by atoms with E-state index in [0.717, 1.165) is 12.1 Å². The number of carboxylic acid groups (broad SMARTS) is 1. The van der Waals surface area contributed by atoms with Crippen LogP contribution in [0, 0.1) is 15.9 Å². The number of benzene rings is 2. The van der Waals surface area contributed by atoms with Crippen LogP contribution >= 0.6 is 11.6 Å². The first kappa shape index (κ1) is 14.7. The molecule has 0 spiro atoms. The fraction of sp³-hybridized carbons (Fsp3) is 0. The van der Waals surface area contributed by atoms with Crippen molar-refractivity contribution in [2.24, 2.45) is 0 Å². The Labute approximate surface area is 122 Å². The lowest BCUT2D eigenvalue weighted by Crippen LogP contribution is -2.03. The predicted molar refractivity (Wildman–Crippen MR) is 74.7 cm³/mol. The molecule has 0 unspecified atom stereocenters. The van der Waals surface area contributed by atoms with Gasteiger partial charge in [0.1, 0.15) is 5.56 Å². The zero-order chi connectivity index (χ0) is 15.6. The van der Waals surface area contributed by atoms with Crippen molar-refractivity contribution in [3.8, 4) is 0 Å². The van der Waals surface area contributed by atoms with E-state index in [0.29, 0.717) is 0 Å². The molecule has 0 aromatic heterocycles. The normalized spacial score (nSPS) is 10.2. The van der Waals surface area contributed by atoms with Crippen molar-refractivity contribution in [3.63, 3.8) is 0 Å². The monoisotopic (exact) mass is 310 g/mol. The fourth-order valence-corrected chi connectivity index (χ4v) is 1.87. The molecule has 2 aromatic carbocycles. The second kappa shape index (κ2) is 5.76. The number of anilines is 2. The summed E-state index contributed by atoms with van der Waals surface area (Å²) < 4.78 is 13.7. The van der Waals surface area contributed by atoms with Gasteiger partial charge in [0, 0.05) is 11.8 Å². The molecule has 0 radical (unpaired) electrons. The van der Waals surface area contributed by atoms with Crippen molar-refractivity contribution in [1.82, 2.24) is 0 Å². The topological polar surface area (TPSA) is 92.5 Å². The maximum atomic E-state index is 13.7. The number of hydrogen-bond acceptors (Lipinski definition) is 4. The Bertz CT molecular complexity index is 736. The van der Waals surface area contributed by atoms with Crippen molar-refractivity contribution >= 4 is 34.6 Å². The molecule has 0 aliphatic rings. The molecule has 2 N–H and O–H groups in total. The molecule has 0 saturated carbocycles. The number of halogens is 2. The number of rotatable bonds is 4. The van der Waals surface area contributed by atoms with Gasteiger partial charge in [-0.15, -0.1) is 0 Å². The van der Waals surface area contributed by atoms with Crippen molar-refractivity contribution in [3.05, 3.63) is 62.9 Å². The summed E-state index contributed by atoms with van der Waals surface area (Å²) in [5.74, 6) is -2.12. The number of carboxylic acids is 1. The third-order valence-corrected chi connectivity index (χ3v) is 2.95. The number of hydrogen-bond donors (Lipinski definition) is 2. The Balaban J connectivity index is 2.42. The molecule has 0 aliphatic heterocycles. The molecule has 0 saturated heterocycles. The molecule has 0 aliphatic carbocycles. The maximum Gasteiger partial charge on any atom is 0.342 e. The van der Waals surface area contributed by atoms with Crippen LogP contribution in [0.25, 0.3) is 0 Å². The molecule has 8 heteroatoms. The molecule has 21 heavy (non-hydrogen) atoms. The van der Waals surface area contributed by atoms with Crippen LogP contribution in [0.3, 0.4) is 0 Å². The molecule has 2 aromatic rings. The summed E-state index contributed by atoms with van der Waals surface area (Å²) in [5, 5.41) is 22.3. The van der Waals surface area contributed by atoms with Gasteiger partial charge in [-0.05, 0) is 24.3 Å². The summed E-state index contributed by atoms with van der Waals surface area (Å²) in [7, 11) is 0. The van der Waals surface area contributed by atoms with E-state index in [1.54, 1.807) is 0 Å². The lowest BCUT2D eigenvalue weighted by Gasteiger charge is -2.09. The molecule has 0 atom stereocenters. The van der Waals surface area contributed by atoms with E-state index in [9.17, 15) is 19.3 Å². The van der Waals surface area contributed by atoms with Crippen LogP contribution in [-0.4, -0.2) is 16.0 Å². The minimum Gasteiger partial charge on any atom is -0.477 e. The van der Waals surface area contributed by atoms with Crippen LogP contribution in [0.1, 0.15) is 10.4 Å². The van der Waals surface area contributed by atoms with Crippen molar-refractivity contribution < 1.29 is 19.2 Å². The van der Waals surface area contributed by atoms with Gasteiger partial charge in [-0.3, -0.25) is 10.1 Å². The largest absolute Gasteiger partial charge is 0.477 e. The quantitative estimate of drug-likeness (QED) is 0.661. The second-order valence-corrected chi connectivity index (χ2v) is 4.43. The van der Waals surface area contributed by atoms with Crippen LogP contribution < -0.4 is 5.32 Å². The number of nitro benzene ring substituents is 1. The van der Waals surface area contributed by atoms with Gasteiger partial charge in [0.15, 0.2) is 5.82 Å². The SMILES string of the molecule is O=C(O)c1ccc(Nc2cccc(Cl)c2F)cc1[N+](=O)[O-]. The van der Waals surface area contributed by atoms with Gasteiger partial charge in [0.25, 0.3) is 5.69 Å². The minimum atomic E-state index is -1.41. The van der Waals surface area contributed by atoms with Gasteiger partial charge in [-0.1, -0.05) is 17.7 Å². The van der Waals surface area contributed by atoms with Gasteiger partial charge >= 0.3 is 5.97 Å². The Morgan fingerprint density at radius 3 is 2.67 bits per heavy atom. The Kier molecular flexibility index (Phi) is 4.04. The van der Waals surface area contributed by atoms with Crippen molar-refractivity contribution in [2.45, 2.75) is 0 Å². The van der Waals surface area contributed by atoms with Gasteiger partial charge in [0.05, 0.1) is 15.6 Å². The number of nitro groups is 1. The molecule has 0 heterocycles. The Hall–Kier alpha value is -2.67. The van der Waals surface area contributed by atoms with E-state index in [1.807, 2.05) is 0 Å². The average molecular weight is 311 g/mol. The van der Waals surface area contributed by atoms with Crippen molar-refractivity contribution in [2.75, 3.05) is 5.32 Å². The number of carbonyl (C=O) groups is 1. The molecule has 0 bridgehead atoms. The lowest BCUT2D eigenvalue weighted by atomic mass is 10.1. The highest BCUT2D eigenvalue weighted by Crippen LogP contribution is 2.28. The third-order valence-electron chi connectivity index (χ3n) is 2.66. The molecule has 0 fully saturated rings.